The summed E-state index contributed by atoms with van der Waals surface area (Å²) in [5.74, 6) is -2.89. The van der Waals surface area contributed by atoms with Crippen molar-refractivity contribution < 1.29 is 18.3 Å². The Labute approximate surface area is 149 Å². The van der Waals surface area contributed by atoms with Crippen LogP contribution in [0.4, 0.5) is 8.78 Å². The van der Waals surface area contributed by atoms with Crippen molar-refractivity contribution in [1.82, 2.24) is 19.9 Å². The molecule has 0 saturated carbocycles. The highest BCUT2D eigenvalue weighted by Gasteiger charge is 2.47. The van der Waals surface area contributed by atoms with Crippen LogP contribution >= 0.6 is 11.6 Å². The number of piperidine rings is 1. The van der Waals surface area contributed by atoms with E-state index < -0.39 is 12.0 Å². The number of methoxy groups -OCH3 is 1. The van der Waals surface area contributed by atoms with Crippen molar-refractivity contribution >= 4 is 22.5 Å². The smallest absolute Gasteiger partial charge is 0.296 e. The first-order valence-corrected chi connectivity index (χ1v) is 8.33. The van der Waals surface area contributed by atoms with Gasteiger partial charge in [-0.15, -0.1) is 0 Å². The maximum absolute atomic E-state index is 14.6. The number of aromatic nitrogens is 3. The van der Waals surface area contributed by atoms with Gasteiger partial charge in [-0.2, -0.15) is 0 Å². The number of nitrogens with zero attached hydrogens (tertiary/aromatic N) is 4. The summed E-state index contributed by atoms with van der Waals surface area (Å²) >= 11 is 6.13. The van der Waals surface area contributed by atoms with Crippen LogP contribution in [0.5, 0.6) is 11.6 Å². The molecule has 0 amide bonds. The molecule has 1 atom stereocenters. The quantitative estimate of drug-likeness (QED) is 0.768. The first-order chi connectivity index (χ1) is 11.8. The fraction of sp³-hybridized carbons (Fsp3) is 0.562. The summed E-state index contributed by atoms with van der Waals surface area (Å²) in [7, 11) is 1.39. The molecule has 0 aliphatic carbocycles. The predicted octanol–water partition coefficient (Wildman–Crippen LogP) is 3.18. The Balaban J connectivity index is 1.98. The summed E-state index contributed by atoms with van der Waals surface area (Å²) in [5, 5.41) is 0.418. The molecule has 25 heavy (non-hydrogen) atoms. The molecule has 0 radical (unpaired) electrons. The van der Waals surface area contributed by atoms with Gasteiger partial charge in [0.2, 0.25) is 0 Å². The van der Waals surface area contributed by atoms with Gasteiger partial charge in [0, 0.05) is 19.0 Å². The first kappa shape index (κ1) is 18.0. The summed E-state index contributed by atoms with van der Waals surface area (Å²) in [5.41, 5.74) is 0.402. The van der Waals surface area contributed by atoms with Crippen LogP contribution in [0, 0.1) is 0 Å². The molecule has 0 unspecified atom stereocenters. The van der Waals surface area contributed by atoms with Crippen molar-refractivity contribution in [3.8, 4) is 11.6 Å². The van der Waals surface area contributed by atoms with E-state index in [0.29, 0.717) is 17.4 Å². The maximum Gasteiger partial charge on any atom is 0.296 e. The average molecular weight is 373 g/mol. The Morgan fingerprint density at radius 2 is 2.08 bits per heavy atom. The molecule has 0 spiro atoms. The van der Waals surface area contributed by atoms with E-state index >= 15 is 0 Å². The lowest BCUT2D eigenvalue weighted by Gasteiger charge is -2.40. The normalized spacial score (nSPS) is 20.8. The molecular weight excluding hydrogens is 354 g/mol. The third-order valence-corrected chi connectivity index (χ3v) is 4.59. The van der Waals surface area contributed by atoms with Gasteiger partial charge in [0.05, 0.1) is 30.8 Å². The standard InChI is InChI=1S/C16H19ClF2N4O2/c1-9(2)23-5-4-11(16(18,19)7-23)25-13-12-10(6-20-15(13)24-3)21-8-22-14(12)17/h6,8-9,11H,4-5,7H2,1-3H3/t11-/m1/s1. The van der Waals surface area contributed by atoms with E-state index in [-0.39, 0.29) is 35.8 Å². The number of ether oxygens (including phenoxy) is 2. The topological polar surface area (TPSA) is 60.4 Å². The van der Waals surface area contributed by atoms with E-state index in [1.165, 1.54) is 19.6 Å². The van der Waals surface area contributed by atoms with Crippen LogP contribution < -0.4 is 9.47 Å². The average Bonchev–Trinajstić information content (AvgIpc) is 2.56. The van der Waals surface area contributed by atoms with Gasteiger partial charge in [-0.25, -0.2) is 23.7 Å². The van der Waals surface area contributed by atoms with Crippen LogP contribution in [0.3, 0.4) is 0 Å². The van der Waals surface area contributed by atoms with E-state index in [9.17, 15) is 8.78 Å². The maximum atomic E-state index is 14.6. The van der Waals surface area contributed by atoms with Crippen LogP contribution in [-0.4, -0.2) is 58.1 Å². The zero-order valence-electron chi connectivity index (χ0n) is 14.2. The van der Waals surface area contributed by atoms with Gasteiger partial charge in [-0.05, 0) is 13.8 Å². The molecule has 6 nitrogen and oxygen atoms in total. The minimum atomic E-state index is -3.02. The number of fused-ring (bicyclic) bond motifs is 1. The van der Waals surface area contributed by atoms with E-state index in [4.69, 9.17) is 21.1 Å². The van der Waals surface area contributed by atoms with Crippen molar-refractivity contribution in [2.75, 3.05) is 20.2 Å². The minimum absolute atomic E-state index is 0.0448. The second-order valence-corrected chi connectivity index (χ2v) is 6.60. The molecule has 3 heterocycles. The fourth-order valence-electron chi connectivity index (χ4n) is 2.90. The molecule has 136 valence electrons. The molecule has 2 aromatic rings. The lowest BCUT2D eigenvalue weighted by Crippen LogP contribution is -2.55. The van der Waals surface area contributed by atoms with Crippen LogP contribution in [0.15, 0.2) is 12.5 Å². The van der Waals surface area contributed by atoms with Gasteiger partial charge < -0.3 is 9.47 Å². The molecule has 1 fully saturated rings. The lowest BCUT2D eigenvalue weighted by molar-refractivity contribution is -0.144. The Morgan fingerprint density at radius 1 is 1.32 bits per heavy atom. The Hall–Kier alpha value is -1.80. The number of hydrogen-bond acceptors (Lipinski definition) is 6. The highest BCUT2D eigenvalue weighted by Crippen LogP contribution is 2.40. The number of alkyl halides is 2. The largest absolute Gasteiger partial charge is 0.478 e. The first-order valence-electron chi connectivity index (χ1n) is 7.95. The minimum Gasteiger partial charge on any atom is -0.478 e. The van der Waals surface area contributed by atoms with Crippen LogP contribution in [0.25, 0.3) is 10.9 Å². The van der Waals surface area contributed by atoms with Crippen molar-refractivity contribution in [2.24, 2.45) is 0 Å². The third kappa shape index (κ3) is 3.46. The zero-order chi connectivity index (χ0) is 18.2. The van der Waals surface area contributed by atoms with Crippen LogP contribution in [0.1, 0.15) is 20.3 Å². The number of hydrogen-bond donors (Lipinski definition) is 0. The molecule has 9 heteroatoms. The molecule has 1 aliphatic rings. The third-order valence-electron chi connectivity index (χ3n) is 4.30. The predicted molar refractivity (Wildman–Crippen MR) is 89.6 cm³/mol. The molecule has 1 saturated heterocycles. The Bertz CT molecular complexity index is 775. The summed E-state index contributed by atoms with van der Waals surface area (Å²) in [6.45, 7) is 3.95. The van der Waals surface area contributed by atoms with E-state index in [1.54, 1.807) is 4.90 Å². The van der Waals surface area contributed by atoms with Crippen LogP contribution in [0.2, 0.25) is 5.15 Å². The molecule has 0 bridgehead atoms. The molecule has 0 N–H and O–H groups in total. The molecular formula is C16H19ClF2N4O2. The highest BCUT2D eigenvalue weighted by atomic mass is 35.5. The summed E-state index contributed by atoms with van der Waals surface area (Å²) in [6.07, 6.45) is 1.59. The van der Waals surface area contributed by atoms with Gasteiger partial charge in [0.15, 0.2) is 11.9 Å². The number of halogens is 3. The van der Waals surface area contributed by atoms with Gasteiger partial charge >= 0.3 is 0 Å². The highest BCUT2D eigenvalue weighted by molar-refractivity contribution is 6.34. The summed E-state index contributed by atoms with van der Waals surface area (Å²) in [4.78, 5) is 13.8. The van der Waals surface area contributed by atoms with Gasteiger partial charge in [0.25, 0.3) is 11.8 Å². The number of likely N-dealkylation sites (tertiary alicyclic amines) is 1. The van der Waals surface area contributed by atoms with Gasteiger partial charge in [-0.3, -0.25) is 4.90 Å². The van der Waals surface area contributed by atoms with Crippen LogP contribution in [-0.2, 0) is 0 Å². The van der Waals surface area contributed by atoms with E-state index in [2.05, 4.69) is 15.0 Å². The SMILES string of the molecule is COc1ncc2ncnc(Cl)c2c1O[C@@H]1CCN(C(C)C)CC1(F)F. The van der Waals surface area contributed by atoms with Gasteiger partial charge in [-0.1, -0.05) is 11.6 Å². The fourth-order valence-corrected chi connectivity index (χ4v) is 3.12. The second kappa shape index (κ2) is 6.84. The lowest BCUT2D eigenvalue weighted by atomic mass is 10.0. The van der Waals surface area contributed by atoms with Crippen molar-refractivity contribution in [3.63, 3.8) is 0 Å². The van der Waals surface area contributed by atoms with Crippen molar-refractivity contribution in [2.45, 2.75) is 38.3 Å². The van der Waals surface area contributed by atoms with Crippen molar-refractivity contribution in [3.05, 3.63) is 17.7 Å². The zero-order valence-corrected chi connectivity index (χ0v) is 14.9. The van der Waals surface area contributed by atoms with E-state index in [0.717, 1.165) is 0 Å². The Kier molecular flexibility index (Phi) is 4.92. The monoisotopic (exact) mass is 372 g/mol. The summed E-state index contributed by atoms with van der Waals surface area (Å²) < 4.78 is 40.1. The molecule has 3 rings (SSSR count). The molecule has 2 aromatic heterocycles. The second-order valence-electron chi connectivity index (χ2n) is 6.24. The Morgan fingerprint density at radius 3 is 2.72 bits per heavy atom. The van der Waals surface area contributed by atoms with E-state index in [1.807, 2.05) is 13.8 Å². The summed E-state index contributed by atoms with van der Waals surface area (Å²) in [6, 6.07) is 0.0448. The molecule has 1 aliphatic heterocycles. The van der Waals surface area contributed by atoms with Gasteiger partial charge in [0.1, 0.15) is 11.5 Å². The molecule has 0 aromatic carbocycles. The van der Waals surface area contributed by atoms with Crippen molar-refractivity contribution in [1.29, 1.82) is 0 Å². The number of rotatable bonds is 4. The number of pyridine rings is 1.